The van der Waals surface area contributed by atoms with E-state index in [2.05, 4.69) is 21.2 Å². The molecule has 1 aromatic carbocycles. The molecule has 7 heteroatoms. The molecular formula is C24H24N4O2S. The Bertz CT molecular complexity index is 1210. The molecule has 6 nitrogen and oxygen atoms in total. The topological polar surface area (TPSA) is 79.4 Å². The van der Waals surface area contributed by atoms with Crippen molar-refractivity contribution in [3.63, 3.8) is 0 Å². The summed E-state index contributed by atoms with van der Waals surface area (Å²) in [6, 6.07) is 11.5. The standard InChI is InChI=1S/C24H24N4O2S/c1-15-12-17(14-26-27-23(29)19-9-4-6-10-21(19)30-3)16(2)28(15)24-20(13-25)18-8-5-7-11-22(18)31-24/h4,6,9-10,12,14H,5,7-8,11H2,1-3H3,(H,27,29)/b26-14+. The highest BCUT2D eigenvalue weighted by molar-refractivity contribution is 7.15. The Morgan fingerprint density at radius 3 is 2.84 bits per heavy atom. The average molecular weight is 433 g/mol. The molecule has 2 aromatic heterocycles. The molecule has 4 rings (SSSR count). The summed E-state index contributed by atoms with van der Waals surface area (Å²) in [6.45, 7) is 4.04. The molecular weight excluding hydrogens is 408 g/mol. The Balaban J connectivity index is 1.60. The fourth-order valence-electron chi connectivity index (χ4n) is 4.11. The van der Waals surface area contributed by atoms with Gasteiger partial charge in [0.05, 0.1) is 24.5 Å². The van der Waals surface area contributed by atoms with Gasteiger partial charge in [0.15, 0.2) is 0 Å². The first kappa shape index (κ1) is 20.9. The number of methoxy groups -OCH3 is 1. The number of nitriles is 1. The minimum Gasteiger partial charge on any atom is -0.496 e. The number of para-hydroxylation sites is 1. The van der Waals surface area contributed by atoms with Crippen molar-refractivity contribution < 1.29 is 9.53 Å². The summed E-state index contributed by atoms with van der Waals surface area (Å²) in [4.78, 5) is 13.8. The van der Waals surface area contributed by atoms with E-state index in [0.717, 1.165) is 46.8 Å². The molecule has 0 atom stereocenters. The van der Waals surface area contributed by atoms with Crippen LogP contribution in [-0.2, 0) is 12.8 Å². The van der Waals surface area contributed by atoms with Gasteiger partial charge in [-0.15, -0.1) is 11.3 Å². The summed E-state index contributed by atoms with van der Waals surface area (Å²) in [5.41, 5.74) is 7.94. The maximum atomic E-state index is 12.4. The molecule has 0 bridgehead atoms. The minimum atomic E-state index is -0.333. The molecule has 0 saturated heterocycles. The molecule has 0 radical (unpaired) electrons. The van der Waals surface area contributed by atoms with Crippen molar-refractivity contribution in [3.05, 3.63) is 68.9 Å². The second kappa shape index (κ2) is 8.78. The summed E-state index contributed by atoms with van der Waals surface area (Å²) in [7, 11) is 1.53. The molecule has 158 valence electrons. The maximum absolute atomic E-state index is 12.4. The SMILES string of the molecule is COc1ccccc1C(=O)N/N=C/c1cc(C)n(-c2sc3c(c2C#N)CCCC3)c1C. The highest BCUT2D eigenvalue weighted by Gasteiger charge is 2.23. The van der Waals surface area contributed by atoms with Crippen molar-refractivity contribution in [1.29, 1.82) is 5.26 Å². The summed E-state index contributed by atoms with van der Waals surface area (Å²) in [5, 5.41) is 15.0. The van der Waals surface area contributed by atoms with Gasteiger partial charge in [0.25, 0.3) is 5.91 Å². The van der Waals surface area contributed by atoms with Gasteiger partial charge in [-0.05, 0) is 63.3 Å². The number of aryl methyl sites for hydroxylation is 2. The van der Waals surface area contributed by atoms with E-state index in [9.17, 15) is 10.1 Å². The van der Waals surface area contributed by atoms with Crippen LogP contribution in [0.15, 0.2) is 35.4 Å². The van der Waals surface area contributed by atoms with Crippen LogP contribution in [0.4, 0.5) is 0 Å². The lowest BCUT2D eigenvalue weighted by atomic mass is 9.96. The van der Waals surface area contributed by atoms with Crippen LogP contribution in [0.3, 0.4) is 0 Å². The smallest absolute Gasteiger partial charge is 0.275 e. The Morgan fingerprint density at radius 2 is 2.06 bits per heavy atom. The third kappa shape index (κ3) is 3.87. The molecule has 3 aromatic rings. The van der Waals surface area contributed by atoms with Crippen molar-refractivity contribution in [2.75, 3.05) is 7.11 Å². The summed E-state index contributed by atoms with van der Waals surface area (Å²) >= 11 is 1.72. The van der Waals surface area contributed by atoms with Crippen LogP contribution in [0.5, 0.6) is 5.75 Å². The van der Waals surface area contributed by atoms with E-state index in [1.54, 1.807) is 35.8 Å². The number of rotatable bonds is 5. The molecule has 0 aliphatic heterocycles. The Morgan fingerprint density at radius 1 is 1.29 bits per heavy atom. The number of hydrazone groups is 1. The number of hydrogen-bond acceptors (Lipinski definition) is 5. The molecule has 2 heterocycles. The van der Waals surface area contributed by atoms with Crippen LogP contribution >= 0.6 is 11.3 Å². The highest BCUT2D eigenvalue weighted by Crippen LogP contribution is 2.38. The van der Waals surface area contributed by atoms with Crippen molar-refractivity contribution in [3.8, 4) is 16.8 Å². The van der Waals surface area contributed by atoms with E-state index in [1.165, 1.54) is 24.0 Å². The number of benzene rings is 1. The van der Waals surface area contributed by atoms with Gasteiger partial charge in [0.1, 0.15) is 16.8 Å². The lowest BCUT2D eigenvalue weighted by Crippen LogP contribution is -2.18. The maximum Gasteiger partial charge on any atom is 0.275 e. The third-order valence-corrected chi connectivity index (χ3v) is 6.94. The van der Waals surface area contributed by atoms with Gasteiger partial charge in [0, 0.05) is 21.8 Å². The normalized spacial score (nSPS) is 13.1. The predicted octanol–water partition coefficient (Wildman–Crippen LogP) is 4.68. The van der Waals surface area contributed by atoms with Crippen molar-refractivity contribution >= 4 is 23.5 Å². The number of amides is 1. The van der Waals surface area contributed by atoms with Gasteiger partial charge < -0.3 is 9.30 Å². The number of fused-ring (bicyclic) bond motifs is 1. The summed E-state index contributed by atoms with van der Waals surface area (Å²) < 4.78 is 7.36. The van der Waals surface area contributed by atoms with E-state index >= 15 is 0 Å². The molecule has 31 heavy (non-hydrogen) atoms. The number of thiophene rings is 1. The zero-order valence-corrected chi connectivity index (χ0v) is 18.7. The second-order valence-electron chi connectivity index (χ2n) is 7.56. The first-order chi connectivity index (χ1) is 15.0. The van der Waals surface area contributed by atoms with E-state index in [4.69, 9.17) is 4.74 Å². The number of nitrogens with zero attached hydrogens (tertiary/aromatic N) is 3. The van der Waals surface area contributed by atoms with E-state index < -0.39 is 0 Å². The molecule has 1 amide bonds. The largest absolute Gasteiger partial charge is 0.496 e. The average Bonchev–Trinajstić information content (AvgIpc) is 3.29. The quantitative estimate of drug-likeness (QED) is 0.470. The van der Waals surface area contributed by atoms with Crippen LogP contribution in [0.1, 0.15) is 56.2 Å². The number of carbonyl (C=O) groups excluding carboxylic acids is 1. The highest BCUT2D eigenvalue weighted by atomic mass is 32.1. The molecule has 1 N–H and O–H groups in total. The molecule has 1 aliphatic rings. The number of hydrogen-bond donors (Lipinski definition) is 1. The molecule has 0 fully saturated rings. The van der Waals surface area contributed by atoms with E-state index in [-0.39, 0.29) is 5.91 Å². The van der Waals surface area contributed by atoms with Gasteiger partial charge in [0.2, 0.25) is 0 Å². The Kier molecular flexibility index (Phi) is 5.92. The van der Waals surface area contributed by atoms with E-state index in [1.807, 2.05) is 26.0 Å². The first-order valence-corrected chi connectivity index (χ1v) is 11.1. The van der Waals surface area contributed by atoms with E-state index in [0.29, 0.717) is 11.3 Å². The lowest BCUT2D eigenvalue weighted by Gasteiger charge is -2.10. The number of aromatic nitrogens is 1. The fraction of sp³-hybridized carbons (Fsp3) is 0.292. The van der Waals surface area contributed by atoms with Gasteiger partial charge in [-0.1, -0.05) is 12.1 Å². The molecule has 1 aliphatic carbocycles. The lowest BCUT2D eigenvalue weighted by molar-refractivity contribution is 0.0952. The van der Waals surface area contributed by atoms with Crippen LogP contribution in [0.2, 0.25) is 0 Å². The van der Waals surface area contributed by atoms with Crippen molar-refractivity contribution in [2.24, 2.45) is 5.10 Å². The monoisotopic (exact) mass is 432 g/mol. The fourth-order valence-corrected chi connectivity index (χ4v) is 5.56. The predicted molar refractivity (Wildman–Crippen MR) is 123 cm³/mol. The Hall–Kier alpha value is -3.37. The third-order valence-electron chi connectivity index (χ3n) is 5.66. The van der Waals surface area contributed by atoms with Crippen molar-refractivity contribution in [2.45, 2.75) is 39.5 Å². The van der Waals surface area contributed by atoms with Gasteiger partial charge >= 0.3 is 0 Å². The molecule has 0 spiro atoms. The van der Waals surface area contributed by atoms with Crippen LogP contribution in [0, 0.1) is 25.2 Å². The van der Waals surface area contributed by atoms with Gasteiger partial charge in [-0.3, -0.25) is 4.79 Å². The summed E-state index contributed by atoms with van der Waals surface area (Å²) in [5.74, 6) is 0.166. The summed E-state index contributed by atoms with van der Waals surface area (Å²) in [6.07, 6.45) is 6.01. The molecule has 0 saturated carbocycles. The van der Waals surface area contributed by atoms with Crippen LogP contribution in [0.25, 0.3) is 5.00 Å². The number of carbonyl (C=O) groups is 1. The van der Waals surface area contributed by atoms with Crippen LogP contribution in [-0.4, -0.2) is 23.8 Å². The van der Waals surface area contributed by atoms with Gasteiger partial charge in [-0.2, -0.15) is 10.4 Å². The van der Waals surface area contributed by atoms with Gasteiger partial charge in [-0.25, -0.2) is 5.43 Å². The van der Waals surface area contributed by atoms with Crippen LogP contribution < -0.4 is 10.2 Å². The zero-order chi connectivity index (χ0) is 22.0. The Labute approximate surface area is 185 Å². The van der Waals surface area contributed by atoms with Crippen molar-refractivity contribution in [1.82, 2.24) is 9.99 Å². The second-order valence-corrected chi connectivity index (χ2v) is 8.65. The number of nitrogens with one attached hydrogen (secondary N) is 1. The number of ether oxygens (including phenoxy) is 1. The minimum absolute atomic E-state index is 0.333. The zero-order valence-electron chi connectivity index (χ0n) is 17.9. The first-order valence-electron chi connectivity index (χ1n) is 10.3. The molecule has 0 unspecified atom stereocenters.